The van der Waals surface area contributed by atoms with E-state index in [9.17, 15) is 9.90 Å². The number of carbonyl (C=O) groups excluding carboxylic acids is 1. The maximum Gasteiger partial charge on any atom is 0.166 e. The van der Waals surface area contributed by atoms with Gasteiger partial charge < -0.3 is 14.6 Å². The third kappa shape index (κ3) is 5.60. The highest BCUT2D eigenvalue weighted by atomic mass is 16.5. The second kappa shape index (κ2) is 9.92. The first-order valence-corrected chi connectivity index (χ1v) is 10.0. The van der Waals surface area contributed by atoms with Crippen LogP contribution in [0.2, 0.25) is 0 Å². The number of phenols is 1. The van der Waals surface area contributed by atoms with Crippen LogP contribution in [0.3, 0.4) is 0 Å². The number of phenolic OH excluding ortho intramolecular Hbond substituents is 1. The van der Waals surface area contributed by atoms with E-state index < -0.39 is 0 Å². The van der Waals surface area contributed by atoms with E-state index in [0.29, 0.717) is 36.5 Å². The summed E-state index contributed by atoms with van der Waals surface area (Å²) in [5, 5.41) is 10.5. The molecule has 0 saturated carbocycles. The topological polar surface area (TPSA) is 68.7 Å². The van der Waals surface area contributed by atoms with Crippen molar-refractivity contribution in [1.29, 1.82) is 0 Å². The fourth-order valence-corrected chi connectivity index (χ4v) is 3.07. The summed E-state index contributed by atoms with van der Waals surface area (Å²) in [6.07, 6.45) is 2.14. The van der Waals surface area contributed by atoms with Gasteiger partial charge in [0, 0.05) is 18.2 Å². The summed E-state index contributed by atoms with van der Waals surface area (Å²) in [4.78, 5) is 16.5. The molecule has 0 bridgehead atoms. The lowest BCUT2D eigenvalue weighted by Gasteiger charge is -2.14. The Morgan fingerprint density at radius 3 is 2.60 bits per heavy atom. The summed E-state index contributed by atoms with van der Waals surface area (Å²) >= 11 is 0. The Labute approximate surface area is 177 Å². The van der Waals surface area contributed by atoms with Crippen LogP contribution in [-0.2, 0) is 13.2 Å². The zero-order valence-corrected chi connectivity index (χ0v) is 17.6. The molecule has 0 spiro atoms. The summed E-state index contributed by atoms with van der Waals surface area (Å²) in [7, 11) is 0. The fourth-order valence-electron chi connectivity index (χ4n) is 3.07. The van der Waals surface area contributed by atoms with Crippen molar-refractivity contribution in [2.45, 2.75) is 40.4 Å². The molecule has 1 N–H and O–H groups in total. The molecule has 1 aromatic heterocycles. The Bertz CT molecular complexity index is 999. The van der Waals surface area contributed by atoms with Gasteiger partial charge in [0.05, 0.1) is 11.3 Å². The van der Waals surface area contributed by atoms with Gasteiger partial charge in [0.1, 0.15) is 30.5 Å². The Morgan fingerprint density at radius 1 is 1.03 bits per heavy atom. The second-order valence-electron chi connectivity index (χ2n) is 7.65. The van der Waals surface area contributed by atoms with Gasteiger partial charge in [0.25, 0.3) is 0 Å². The van der Waals surface area contributed by atoms with Gasteiger partial charge in [-0.1, -0.05) is 32.0 Å². The summed E-state index contributed by atoms with van der Waals surface area (Å²) in [5.74, 6) is 1.45. The Hall–Kier alpha value is -3.34. The van der Waals surface area contributed by atoms with Crippen LogP contribution in [0.15, 0.2) is 60.8 Å². The number of pyridine rings is 1. The molecule has 0 amide bonds. The lowest BCUT2D eigenvalue weighted by molar-refractivity contribution is 0.0965. The minimum absolute atomic E-state index is 0.00871. The number of hydrogen-bond acceptors (Lipinski definition) is 5. The van der Waals surface area contributed by atoms with E-state index in [1.165, 1.54) is 0 Å². The number of ketones is 1. The van der Waals surface area contributed by atoms with Crippen LogP contribution in [0.5, 0.6) is 17.2 Å². The van der Waals surface area contributed by atoms with E-state index >= 15 is 0 Å². The van der Waals surface area contributed by atoms with Crippen molar-refractivity contribution in [1.82, 2.24) is 4.98 Å². The number of hydrogen-bond donors (Lipinski definition) is 1. The maximum atomic E-state index is 12.3. The van der Waals surface area contributed by atoms with Crippen LogP contribution < -0.4 is 9.47 Å². The third-order valence-electron chi connectivity index (χ3n) is 4.68. The van der Waals surface area contributed by atoms with Gasteiger partial charge >= 0.3 is 0 Å². The molecule has 0 radical (unpaired) electrons. The van der Waals surface area contributed by atoms with Crippen molar-refractivity contribution >= 4 is 5.78 Å². The van der Waals surface area contributed by atoms with Crippen molar-refractivity contribution in [3.05, 3.63) is 83.2 Å². The van der Waals surface area contributed by atoms with E-state index in [1.807, 2.05) is 56.3 Å². The number of ether oxygens (including phenoxy) is 2. The van der Waals surface area contributed by atoms with Crippen molar-refractivity contribution < 1.29 is 19.4 Å². The summed E-state index contributed by atoms with van der Waals surface area (Å²) in [6, 6.07) is 16.7. The van der Waals surface area contributed by atoms with Crippen LogP contribution in [0.4, 0.5) is 0 Å². The number of aromatic hydroxyl groups is 1. The lowest BCUT2D eigenvalue weighted by Crippen LogP contribution is -2.05. The fraction of sp³-hybridized carbons (Fsp3) is 0.280. The zero-order valence-electron chi connectivity index (χ0n) is 17.6. The number of carbonyl (C=O) groups is 1. The largest absolute Gasteiger partial charge is 0.507 e. The van der Waals surface area contributed by atoms with Crippen molar-refractivity contribution in [2.75, 3.05) is 0 Å². The highest BCUT2D eigenvalue weighted by Crippen LogP contribution is 2.32. The van der Waals surface area contributed by atoms with Crippen molar-refractivity contribution in [3.8, 4) is 17.2 Å². The minimum atomic E-state index is -0.0603. The first kappa shape index (κ1) is 21.4. The van der Waals surface area contributed by atoms with Gasteiger partial charge in [-0.2, -0.15) is 0 Å². The van der Waals surface area contributed by atoms with E-state index in [4.69, 9.17) is 9.47 Å². The second-order valence-corrected chi connectivity index (χ2v) is 7.65. The average Bonchev–Trinajstić information content (AvgIpc) is 2.74. The van der Waals surface area contributed by atoms with E-state index in [-0.39, 0.29) is 17.5 Å². The van der Waals surface area contributed by atoms with Crippen molar-refractivity contribution in [3.63, 3.8) is 0 Å². The quantitative estimate of drug-likeness (QED) is 0.477. The SMILES string of the molecule is Cc1c(OCc2cccc(OCc3ccccn3)c2)ccc(C(=O)CC(C)C)c1O. The minimum Gasteiger partial charge on any atom is -0.507 e. The van der Waals surface area contributed by atoms with Gasteiger partial charge in [-0.05, 0) is 54.8 Å². The maximum absolute atomic E-state index is 12.3. The lowest BCUT2D eigenvalue weighted by atomic mass is 9.98. The predicted octanol–water partition coefficient (Wildman–Crippen LogP) is 5.48. The summed E-state index contributed by atoms with van der Waals surface area (Å²) < 4.78 is 11.7. The Kier molecular flexibility index (Phi) is 7.07. The van der Waals surface area contributed by atoms with Crippen LogP contribution in [0.1, 0.15) is 47.4 Å². The predicted molar refractivity (Wildman–Crippen MR) is 116 cm³/mol. The molecule has 0 aliphatic carbocycles. The molecular formula is C25H27NO4. The third-order valence-corrected chi connectivity index (χ3v) is 4.68. The number of benzene rings is 2. The van der Waals surface area contributed by atoms with E-state index in [2.05, 4.69) is 4.98 Å². The number of nitrogens with zero attached hydrogens (tertiary/aromatic N) is 1. The van der Waals surface area contributed by atoms with Gasteiger partial charge in [-0.15, -0.1) is 0 Å². The van der Waals surface area contributed by atoms with E-state index in [0.717, 1.165) is 17.0 Å². The molecular weight excluding hydrogens is 378 g/mol. The molecule has 5 nitrogen and oxygen atoms in total. The van der Waals surface area contributed by atoms with Gasteiger partial charge in [0.15, 0.2) is 5.78 Å². The highest BCUT2D eigenvalue weighted by Gasteiger charge is 2.17. The van der Waals surface area contributed by atoms with Crippen LogP contribution >= 0.6 is 0 Å². The molecule has 0 saturated heterocycles. The molecule has 0 unspecified atom stereocenters. The molecule has 3 rings (SSSR count). The molecule has 5 heteroatoms. The average molecular weight is 405 g/mol. The number of rotatable bonds is 9. The van der Waals surface area contributed by atoms with Gasteiger partial charge in [-0.3, -0.25) is 9.78 Å². The number of Topliss-reactive ketones (excluding diaryl/α,β-unsaturated/α-hetero) is 1. The molecule has 0 fully saturated rings. The molecule has 3 aromatic rings. The molecule has 0 atom stereocenters. The Balaban J connectivity index is 1.64. The van der Waals surface area contributed by atoms with Gasteiger partial charge in [-0.25, -0.2) is 0 Å². The molecule has 0 aliphatic rings. The molecule has 1 heterocycles. The Morgan fingerprint density at radius 2 is 1.87 bits per heavy atom. The summed E-state index contributed by atoms with van der Waals surface area (Å²) in [6.45, 7) is 6.43. The van der Waals surface area contributed by atoms with Crippen LogP contribution in [0.25, 0.3) is 0 Å². The molecule has 30 heavy (non-hydrogen) atoms. The monoisotopic (exact) mass is 405 g/mol. The molecule has 156 valence electrons. The van der Waals surface area contributed by atoms with Gasteiger partial charge in [0.2, 0.25) is 0 Å². The standard InChI is InChI=1S/C25H27NO4/c1-17(2)13-23(27)22-10-11-24(18(3)25(22)28)30-15-19-7-6-9-21(14-19)29-16-20-8-4-5-12-26-20/h4-12,14,17,28H,13,15-16H2,1-3H3. The first-order chi connectivity index (χ1) is 14.4. The molecule has 2 aromatic carbocycles. The first-order valence-electron chi connectivity index (χ1n) is 10.0. The zero-order chi connectivity index (χ0) is 21.5. The van der Waals surface area contributed by atoms with Crippen molar-refractivity contribution in [2.24, 2.45) is 5.92 Å². The summed E-state index contributed by atoms with van der Waals surface area (Å²) in [5.41, 5.74) is 2.70. The van der Waals surface area contributed by atoms with Crippen LogP contribution in [0, 0.1) is 12.8 Å². The van der Waals surface area contributed by atoms with Crippen LogP contribution in [-0.4, -0.2) is 15.9 Å². The smallest absolute Gasteiger partial charge is 0.166 e. The highest BCUT2D eigenvalue weighted by molar-refractivity contribution is 5.99. The van der Waals surface area contributed by atoms with E-state index in [1.54, 1.807) is 25.3 Å². The molecule has 0 aliphatic heterocycles. The number of aromatic nitrogens is 1. The normalized spacial score (nSPS) is 10.8.